The Labute approximate surface area is 356 Å². The van der Waals surface area contributed by atoms with E-state index in [4.69, 9.17) is 28.4 Å². The van der Waals surface area contributed by atoms with Crippen LogP contribution >= 0.6 is 0 Å². The number of hydrogen-bond acceptors (Lipinski definition) is 10. The summed E-state index contributed by atoms with van der Waals surface area (Å²) in [6, 6.07) is 28.0. The molecule has 0 aromatic heterocycles. The van der Waals surface area contributed by atoms with Crippen molar-refractivity contribution < 1.29 is 52.0 Å². The molecule has 0 saturated heterocycles. The van der Waals surface area contributed by atoms with Gasteiger partial charge in [-0.15, -0.1) is 0 Å². The molecule has 10 nitrogen and oxygen atoms in total. The fourth-order valence-electron chi connectivity index (χ4n) is 6.12. The Hall–Kier alpha value is -6.49. The van der Waals surface area contributed by atoms with Crippen molar-refractivity contribution in [3.8, 4) is 34.5 Å². The zero-order valence-electron chi connectivity index (χ0n) is 34.8. The van der Waals surface area contributed by atoms with Gasteiger partial charge in [0.15, 0.2) is 11.6 Å². The van der Waals surface area contributed by atoms with Gasteiger partial charge in [0.25, 0.3) is 0 Å². The fraction of sp³-hybridized carbons (Fsp3) is 0.320. The lowest BCUT2D eigenvalue weighted by Crippen LogP contribution is -2.13. The van der Waals surface area contributed by atoms with E-state index in [1.165, 1.54) is 106 Å². The van der Waals surface area contributed by atoms with Gasteiger partial charge in [-0.3, -0.25) is 0 Å². The van der Waals surface area contributed by atoms with Crippen molar-refractivity contribution in [2.75, 3.05) is 13.2 Å². The molecular weight excluding hydrogens is 780 g/mol. The summed E-state index contributed by atoms with van der Waals surface area (Å²) in [5, 5.41) is 0. The zero-order chi connectivity index (χ0) is 43.2. The molecule has 5 aromatic rings. The third-order valence-corrected chi connectivity index (χ3v) is 9.63. The molecule has 320 valence electrons. The molecule has 5 rings (SSSR count). The van der Waals surface area contributed by atoms with Crippen LogP contribution < -0.4 is 28.4 Å². The molecule has 0 unspecified atom stereocenters. The molecule has 0 atom stereocenters. The van der Waals surface area contributed by atoms with Crippen LogP contribution in [0.5, 0.6) is 34.5 Å². The molecule has 0 spiro atoms. The number of carbonyl (C=O) groups is 4. The van der Waals surface area contributed by atoms with Gasteiger partial charge >= 0.3 is 23.9 Å². The van der Waals surface area contributed by atoms with Crippen LogP contribution in [0.15, 0.2) is 115 Å². The van der Waals surface area contributed by atoms with Crippen molar-refractivity contribution >= 4 is 23.9 Å². The Morgan fingerprint density at radius 1 is 0.377 bits per heavy atom. The standard InChI is InChI=1S/C50H53FO10/c1-3-5-7-9-11-13-33-56-40-22-15-36(16-23-40)47(52)58-42-26-19-38(20-27-42)49(54)61-46-35-39(21-32-45(46)51)50(55)60-43-24-17-37(18-25-43)48(53)59-44-30-28-41(29-31-44)57-34-14-12-10-8-6-4-2/h15-32,35H,3-14,33-34H2,1-2H3. The highest BCUT2D eigenvalue weighted by atomic mass is 19.1. The monoisotopic (exact) mass is 832 g/mol. The molecule has 0 radical (unpaired) electrons. The number of ether oxygens (including phenoxy) is 6. The minimum atomic E-state index is -0.908. The summed E-state index contributed by atoms with van der Waals surface area (Å²) in [4.78, 5) is 51.3. The van der Waals surface area contributed by atoms with E-state index in [0.717, 1.165) is 37.8 Å². The molecule has 0 heterocycles. The second-order valence-electron chi connectivity index (χ2n) is 14.5. The lowest BCUT2D eigenvalue weighted by Gasteiger charge is -2.10. The Morgan fingerprint density at radius 3 is 1.11 bits per heavy atom. The van der Waals surface area contributed by atoms with Crippen LogP contribution in [0.25, 0.3) is 0 Å². The molecule has 61 heavy (non-hydrogen) atoms. The summed E-state index contributed by atoms with van der Waals surface area (Å²) in [6.45, 7) is 5.62. The third-order valence-electron chi connectivity index (χ3n) is 9.63. The quantitative estimate of drug-likeness (QED) is 0.0337. The maximum absolute atomic E-state index is 14.7. The van der Waals surface area contributed by atoms with Crippen molar-refractivity contribution in [3.63, 3.8) is 0 Å². The number of benzene rings is 5. The van der Waals surface area contributed by atoms with Crippen LogP contribution in [0.2, 0.25) is 0 Å². The summed E-state index contributed by atoms with van der Waals surface area (Å²) < 4.78 is 47.9. The highest BCUT2D eigenvalue weighted by molar-refractivity contribution is 5.95. The van der Waals surface area contributed by atoms with E-state index in [-0.39, 0.29) is 28.2 Å². The van der Waals surface area contributed by atoms with E-state index in [9.17, 15) is 23.6 Å². The second-order valence-corrected chi connectivity index (χ2v) is 14.5. The van der Waals surface area contributed by atoms with Gasteiger partial charge in [0.2, 0.25) is 0 Å². The molecule has 0 aliphatic carbocycles. The number of halogens is 1. The molecular formula is C50H53FO10. The van der Waals surface area contributed by atoms with E-state index in [1.807, 2.05) is 0 Å². The van der Waals surface area contributed by atoms with Gasteiger partial charge < -0.3 is 28.4 Å². The summed E-state index contributed by atoms with van der Waals surface area (Å²) in [6.07, 6.45) is 14.0. The highest BCUT2D eigenvalue weighted by Crippen LogP contribution is 2.25. The zero-order valence-corrected chi connectivity index (χ0v) is 34.8. The number of unbranched alkanes of at least 4 members (excludes halogenated alkanes) is 10. The van der Waals surface area contributed by atoms with Gasteiger partial charge in [-0.2, -0.15) is 0 Å². The van der Waals surface area contributed by atoms with Crippen molar-refractivity contribution in [2.24, 2.45) is 0 Å². The van der Waals surface area contributed by atoms with Crippen LogP contribution in [-0.4, -0.2) is 37.1 Å². The molecule has 5 aromatic carbocycles. The van der Waals surface area contributed by atoms with Gasteiger partial charge in [-0.1, -0.05) is 78.1 Å². The third kappa shape index (κ3) is 15.2. The smallest absolute Gasteiger partial charge is 0.343 e. The van der Waals surface area contributed by atoms with E-state index >= 15 is 0 Å². The molecule has 0 fully saturated rings. The van der Waals surface area contributed by atoms with E-state index in [0.29, 0.717) is 36.0 Å². The van der Waals surface area contributed by atoms with Gasteiger partial charge in [-0.25, -0.2) is 23.6 Å². The Balaban J connectivity index is 1.06. The van der Waals surface area contributed by atoms with Crippen molar-refractivity contribution in [2.45, 2.75) is 90.9 Å². The Kier molecular flexibility index (Phi) is 18.4. The van der Waals surface area contributed by atoms with Gasteiger partial charge in [0.05, 0.1) is 35.5 Å². The summed E-state index contributed by atoms with van der Waals surface area (Å²) >= 11 is 0. The minimum Gasteiger partial charge on any atom is -0.494 e. The number of carbonyl (C=O) groups excluding carboxylic acids is 4. The van der Waals surface area contributed by atoms with Crippen LogP contribution in [0.1, 0.15) is 132 Å². The van der Waals surface area contributed by atoms with Gasteiger partial charge in [-0.05, 0) is 128 Å². The predicted octanol–water partition coefficient (Wildman–Crippen LogP) is 12.2. The molecule has 0 aliphatic heterocycles. The topological polar surface area (TPSA) is 124 Å². The lowest BCUT2D eigenvalue weighted by molar-refractivity contribution is 0.0708. The first kappa shape index (κ1) is 45.6. The molecule has 0 aliphatic rings. The van der Waals surface area contributed by atoms with E-state index < -0.39 is 35.4 Å². The first-order chi connectivity index (χ1) is 29.7. The lowest BCUT2D eigenvalue weighted by atomic mass is 10.1. The maximum Gasteiger partial charge on any atom is 0.343 e. The van der Waals surface area contributed by atoms with Crippen LogP contribution in [0.3, 0.4) is 0 Å². The number of hydrogen-bond donors (Lipinski definition) is 0. The van der Waals surface area contributed by atoms with Gasteiger partial charge in [0.1, 0.15) is 28.7 Å². The molecule has 0 saturated carbocycles. The largest absolute Gasteiger partial charge is 0.494 e. The van der Waals surface area contributed by atoms with Crippen molar-refractivity contribution in [3.05, 3.63) is 143 Å². The second kappa shape index (κ2) is 24.6. The Bertz CT molecular complexity index is 2150. The van der Waals surface area contributed by atoms with E-state index in [1.54, 1.807) is 48.5 Å². The molecule has 0 N–H and O–H groups in total. The van der Waals surface area contributed by atoms with Crippen LogP contribution in [-0.2, 0) is 0 Å². The fourth-order valence-corrected chi connectivity index (χ4v) is 6.12. The predicted molar refractivity (Wildman–Crippen MR) is 230 cm³/mol. The van der Waals surface area contributed by atoms with Crippen molar-refractivity contribution in [1.82, 2.24) is 0 Å². The average Bonchev–Trinajstić information content (AvgIpc) is 3.27. The summed E-state index contributed by atoms with van der Waals surface area (Å²) in [5.74, 6) is -2.34. The van der Waals surface area contributed by atoms with Gasteiger partial charge in [0, 0.05) is 0 Å². The minimum absolute atomic E-state index is 0.0440. The summed E-state index contributed by atoms with van der Waals surface area (Å²) in [5.41, 5.74) is 0.498. The first-order valence-corrected chi connectivity index (χ1v) is 21.1. The number of rotatable bonds is 24. The molecule has 0 bridgehead atoms. The normalized spacial score (nSPS) is 10.7. The molecule has 11 heteroatoms. The van der Waals surface area contributed by atoms with Crippen LogP contribution in [0, 0.1) is 5.82 Å². The molecule has 0 amide bonds. The maximum atomic E-state index is 14.7. The number of esters is 4. The highest BCUT2D eigenvalue weighted by Gasteiger charge is 2.18. The van der Waals surface area contributed by atoms with Crippen LogP contribution in [0.4, 0.5) is 4.39 Å². The van der Waals surface area contributed by atoms with Crippen molar-refractivity contribution in [1.29, 1.82) is 0 Å². The van der Waals surface area contributed by atoms with E-state index in [2.05, 4.69) is 13.8 Å². The Morgan fingerprint density at radius 2 is 0.689 bits per heavy atom. The first-order valence-electron chi connectivity index (χ1n) is 21.1. The average molecular weight is 833 g/mol. The SMILES string of the molecule is CCCCCCCCOc1ccc(OC(=O)c2ccc(OC(=O)c3ccc(F)c(OC(=O)c4ccc(OC(=O)c5ccc(OCCCCCCCC)cc5)cc4)c3)cc2)cc1. The summed E-state index contributed by atoms with van der Waals surface area (Å²) in [7, 11) is 0.